The molecule has 20 heavy (non-hydrogen) atoms. The number of nitrogens with zero attached hydrogens (tertiary/aromatic N) is 1. The van der Waals surface area contributed by atoms with E-state index < -0.39 is 0 Å². The number of hydrogen-bond acceptors (Lipinski definition) is 3. The lowest BCUT2D eigenvalue weighted by molar-refractivity contribution is 0.204. The zero-order valence-corrected chi connectivity index (χ0v) is 14.8. The number of ether oxygens (including phenoxy) is 1. The summed E-state index contributed by atoms with van der Waals surface area (Å²) in [5.74, 6) is 0. The smallest absolute Gasteiger partial charge is 0.0637 e. The zero-order chi connectivity index (χ0) is 15.1. The van der Waals surface area contributed by atoms with Crippen molar-refractivity contribution in [2.24, 2.45) is 0 Å². The Balaban J connectivity index is 2.82. The van der Waals surface area contributed by atoms with Crippen molar-refractivity contribution < 1.29 is 4.74 Å². The van der Waals surface area contributed by atoms with Crippen LogP contribution < -0.4 is 10.2 Å². The molecule has 3 nitrogen and oxygen atoms in total. The number of anilines is 1. The molecule has 1 rings (SSSR count). The van der Waals surface area contributed by atoms with E-state index >= 15 is 0 Å². The van der Waals surface area contributed by atoms with Gasteiger partial charge in [-0.3, -0.25) is 0 Å². The highest BCUT2D eigenvalue weighted by molar-refractivity contribution is 9.10. The van der Waals surface area contributed by atoms with Crippen molar-refractivity contribution in [1.82, 2.24) is 5.32 Å². The van der Waals surface area contributed by atoms with Gasteiger partial charge in [-0.2, -0.15) is 0 Å². The molecule has 0 amide bonds. The predicted molar refractivity (Wildman–Crippen MR) is 90.5 cm³/mol. The molecule has 0 spiro atoms. The van der Waals surface area contributed by atoms with E-state index in [1.807, 2.05) is 0 Å². The number of benzene rings is 1. The van der Waals surface area contributed by atoms with Gasteiger partial charge in [-0.15, -0.1) is 0 Å². The molecule has 0 aliphatic carbocycles. The predicted octanol–water partition coefficient (Wildman–Crippen LogP) is 3.81. The molecule has 0 radical (unpaired) electrons. The summed E-state index contributed by atoms with van der Waals surface area (Å²) in [6.07, 6.45) is 0. The summed E-state index contributed by atoms with van der Waals surface area (Å²) in [6, 6.07) is 7.54. The normalized spacial score (nSPS) is 11.4. The maximum absolute atomic E-state index is 5.20. The minimum atomic E-state index is 0.455. The molecule has 0 aromatic heterocycles. The summed E-state index contributed by atoms with van der Waals surface area (Å²) < 4.78 is 6.36. The second kappa shape index (κ2) is 8.65. The molecular formula is C16H27BrN2O. The summed E-state index contributed by atoms with van der Waals surface area (Å²) >= 11 is 3.68. The van der Waals surface area contributed by atoms with E-state index in [9.17, 15) is 0 Å². The first kappa shape index (κ1) is 17.5. The molecule has 0 unspecified atom stereocenters. The van der Waals surface area contributed by atoms with Crippen LogP contribution in [0.4, 0.5) is 5.69 Å². The van der Waals surface area contributed by atoms with Crippen LogP contribution in [0.3, 0.4) is 0 Å². The topological polar surface area (TPSA) is 24.5 Å². The van der Waals surface area contributed by atoms with Crippen LogP contribution in [0.1, 0.15) is 33.3 Å². The quantitative estimate of drug-likeness (QED) is 0.777. The molecule has 0 saturated carbocycles. The van der Waals surface area contributed by atoms with Crippen LogP contribution in [0.15, 0.2) is 22.7 Å². The van der Waals surface area contributed by atoms with Crippen LogP contribution in [-0.2, 0) is 11.3 Å². The fourth-order valence-electron chi connectivity index (χ4n) is 2.05. The van der Waals surface area contributed by atoms with E-state index in [1.165, 1.54) is 11.3 Å². The van der Waals surface area contributed by atoms with Crippen LogP contribution in [0, 0.1) is 0 Å². The second-order valence-electron chi connectivity index (χ2n) is 5.59. The number of methoxy groups -OCH3 is 1. The summed E-state index contributed by atoms with van der Waals surface area (Å²) in [4.78, 5) is 2.36. The highest BCUT2D eigenvalue weighted by Crippen LogP contribution is 2.25. The van der Waals surface area contributed by atoms with E-state index in [0.717, 1.165) is 24.2 Å². The van der Waals surface area contributed by atoms with Crippen LogP contribution >= 0.6 is 15.9 Å². The average molecular weight is 343 g/mol. The lowest BCUT2D eigenvalue weighted by Crippen LogP contribution is -2.33. The van der Waals surface area contributed by atoms with Crippen molar-refractivity contribution in [3.8, 4) is 0 Å². The van der Waals surface area contributed by atoms with Crippen molar-refractivity contribution >= 4 is 21.6 Å². The van der Waals surface area contributed by atoms with Gasteiger partial charge >= 0.3 is 0 Å². The molecular weight excluding hydrogens is 316 g/mol. The van der Waals surface area contributed by atoms with Crippen LogP contribution in [0.2, 0.25) is 0 Å². The van der Waals surface area contributed by atoms with E-state index in [4.69, 9.17) is 4.74 Å². The largest absolute Gasteiger partial charge is 0.383 e. The van der Waals surface area contributed by atoms with Crippen molar-refractivity contribution in [2.75, 3.05) is 25.2 Å². The summed E-state index contributed by atoms with van der Waals surface area (Å²) in [5, 5.41) is 3.44. The molecule has 1 aromatic carbocycles. The molecule has 0 saturated heterocycles. The third kappa shape index (κ3) is 5.43. The molecule has 114 valence electrons. The van der Waals surface area contributed by atoms with Crippen molar-refractivity contribution in [3.05, 3.63) is 28.2 Å². The number of halogens is 1. The van der Waals surface area contributed by atoms with Gasteiger partial charge in [0.1, 0.15) is 0 Å². The van der Waals surface area contributed by atoms with Gasteiger partial charge in [-0.25, -0.2) is 0 Å². The Bertz CT molecular complexity index is 407. The fraction of sp³-hybridized carbons (Fsp3) is 0.625. The van der Waals surface area contributed by atoms with Crippen molar-refractivity contribution in [1.29, 1.82) is 0 Å². The molecule has 1 N–H and O–H groups in total. The minimum absolute atomic E-state index is 0.455. The van der Waals surface area contributed by atoms with Gasteiger partial charge < -0.3 is 15.0 Å². The average Bonchev–Trinajstić information content (AvgIpc) is 2.37. The molecule has 1 aromatic rings. The van der Waals surface area contributed by atoms with Crippen LogP contribution in [0.25, 0.3) is 0 Å². The lowest BCUT2D eigenvalue weighted by Gasteiger charge is -2.29. The summed E-state index contributed by atoms with van der Waals surface area (Å²) in [7, 11) is 1.75. The Morgan fingerprint density at radius 1 is 1.25 bits per heavy atom. The Hall–Kier alpha value is -0.580. The minimum Gasteiger partial charge on any atom is -0.383 e. The maximum Gasteiger partial charge on any atom is 0.0637 e. The Morgan fingerprint density at radius 3 is 2.45 bits per heavy atom. The molecule has 0 bridgehead atoms. The molecule has 0 atom stereocenters. The molecule has 0 heterocycles. The molecule has 0 aliphatic rings. The van der Waals surface area contributed by atoms with Gasteiger partial charge in [0.2, 0.25) is 0 Å². The first-order chi connectivity index (χ1) is 9.45. The van der Waals surface area contributed by atoms with E-state index in [1.54, 1.807) is 7.11 Å². The molecule has 4 heteroatoms. The van der Waals surface area contributed by atoms with Crippen molar-refractivity contribution in [2.45, 2.75) is 46.3 Å². The summed E-state index contributed by atoms with van der Waals surface area (Å²) in [5.41, 5.74) is 2.52. The monoisotopic (exact) mass is 342 g/mol. The Morgan fingerprint density at radius 2 is 1.95 bits per heavy atom. The zero-order valence-electron chi connectivity index (χ0n) is 13.2. The number of rotatable bonds is 8. The lowest BCUT2D eigenvalue weighted by atomic mass is 10.1. The van der Waals surface area contributed by atoms with E-state index in [-0.39, 0.29) is 0 Å². The number of hydrogen-bond donors (Lipinski definition) is 1. The third-order valence-electron chi connectivity index (χ3n) is 3.23. The van der Waals surface area contributed by atoms with E-state index in [2.05, 4.69) is 72.0 Å². The van der Waals surface area contributed by atoms with Crippen LogP contribution in [-0.4, -0.2) is 32.3 Å². The SMILES string of the molecule is COCCN(c1ccc(CNC(C)C)c(Br)c1)C(C)C. The molecule has 0 aliphatic heterocycles. The van der Waals surface area contributed by atoms with Gasteiger partial charge in [-0.05, 0) is 31.5 Å². The van der Waals surface area contributed by atoms with E-state index in [0.29, 0.717) is 12.1 Å². The fourth-order valence-corrected chi connectivity index (χ4v) is 2.55. The number of nitrogens with one attached hydrogen (secondary N) is 1. The summed E-state index contributed by atoms with van der Waals surface area (Å²) in [6.45, 7) is 11.3. The highest BCUT2D eigenvalue weighted by Gasteiger charge is 2.12. The van der Waals surface area contributed by atoms with Gasteiger partial charge in [-0.1, -0.05) is 35.8 Å². The molecule has 0 fully saturated rings. The van der Waals surface area contributed by atoms with Gasteiger partial charge in [0.15, 0.2) is 0 Å². The van der Waals surface area contributed by atoms with Crippen molar-refractivity contribution in [3.63, 3.8) is 0 Å². The van der Waals surface area contributed by atoms with Gasteiger partial charge in [0, 0.05) is 42.4 Å². The Kier molecular flexibility index (Phi) is 7.56. The third-order valence-corrected chi connectivity index (χ3v) is 3.97. The van der Waals surface area contributed by atoms with Crippen LogP contribution in [0.5, 0.6) is 0 Å². The maximum atomic E-state index is 5.20. The Labute approximate surface area is 131 Å². The standard InChI is InChI=1S/C16H27BrN2O/c1-12(2)18-11-14-6-7-15(10-16(14)17)19(13(3)4)8-9-20-5/h6-7,10,12-13,18H,8-9,11H2,1-5H3. The second-order valence-corrected chi connectivity index (χ2v) is 6.45. The van der Waals surface area contributed by atoms with Gasteiger partial charge in [0.05, 0.1) is 6.61 Å². The van der Waals surface area contributed by atoms with Gasteiger partial charge in [0.25, 0.3) is 0 Å². The first-order valence-electron chi connectivity index (χ1n) is 7.23. The first-order valence-corrected chi connectivity index (χ1v) is 8.02. The highest BCUT2D eigenvalue weighted by atomic mass is 79.9.